The lowest BCUT2D eigenvalue weighted by molar-refractivity contribution is 0.774. The molecule has 0 aliphatic heterocycles. The van der Waals surface area contributed by atoms with Crippen LogP contribution in [0.3, 0.4) is 0 Å². The number of nitrogen functional groups attached to an aromatic ring is 1. The fourth-order valence-corrected chi connectivity index (χ4v) is 2.44. The maximum Gasteiger partial charge on any atom is 0.210 e. The summed E-state index contributed by atoms with van der Waals surface area (Å²) < 4.78 is 1.55. The molecule has 0 atom stereocenters. The quantitative estimate of drug-likeness (QED) is 0.492. The first kappa shape index (κ1) is 12.9. The third-order valence-corrected chi connectivity index (χ3v) is 3.61. The maximum absolute atomic E-state index is 6.00. The molecule has 18 heavy (non-hydrogen) atoms. The van der Waals surface area contributed by atoms with Crippen LogP contribution in [0.25, 0.3) is 11.4 Å². The molecule has 0 aromatic carbocycles. The van der Waals surface area contributed by atoms with E-state index in [1.807, 2.05) is 12.1 Å². The van der Waals surface area contributed by atoms with Crippen molar-refractivity contribution in [2.75, 3.05) is 11.6 Å². The van der Waals surface area contributed by atoms with Gasteiger partial charge < -0.3 is 5.84 Å². The molecular weight excluding hydrogens is 246 g/mol. The van der Waals surface area contributed by atoms with Gasteiger partial charge in [-0.1, -0.05) is 31.5 Å². The first-order chi connectivity index (χ1) is 8.83. The number of pyridine rings is 1. The summed E-state index contributed by atoms with van der Waals surface area (Å²) >= 11 is 1.65. The standard InChI is InChI=1S/C12H17N5S/c1-2-3-4-9-18-12-16-15-11(17(12)13)10-5-7-14-8-6-10/h5-8H,2-4,9,13H2,1H3. The molecule has 0 radical (unpaired) electrons. The van der Waals surface area contributed by atoms with E-state index in [0.717, 1.165) is 16.5 Å². The van der Waals surface area contributed by atoms with Gasteiger partial charge in [-0.05, 0) is 18.6 Å². The van der Waals surface area contributed by atoms with Crippen LogP contribution in [0.4, 0.5) is 0 Å². The second kappa shape index (κ2) is 6.39. The molecule has 2 heterocycles. The first-order valence-electron chi connectivity index (χ1n) is 6.06. The summed E-state index contributed by atoms with van der Waals surface area (Å²) in [6.07, 6.45) is 7.08. The molecule has 0 aliphatic carbocycles. The van der Waals surface area contributed by atoms with E-state index in [-0.39, 0.29) is 0 Å². The van der Waals surface area contributed by atoms with Gasteiger partial charge in [-0.25, -0.2) is 4.68 Å². The minimum absolute atomic E-state index is 0.676. The SMILES string of the molecule is CCCCCSc1nnc(-c2ccncc2)n1N. The number of rotatable bonds is 6. The van der Waals surface area contributed by atoms with Gasteiger partial charge in [0.05, 0.1) is 0 Å². The molecule has 0 bridgehead atoms. The molecule has 2 aromatic rings. The lowest BCUT2D eigenvalue weighted by Gasteiger charge is -2.03. The Bertz CT molecular complexity index is 482. The lowest BCUT2D eigenvalue weighted by Crippen LogP contribution is -2.11. The second-order valence-corrected chi connectivity index (χ2v) is 5.03. The Morgan fingerprint density at radius 3 is 2.72 bits per heavy atom. The zero-order chi connectivity index (χ0) is 12.8. The number of hydrogen-bond donors (Lipinski definition) is 1. The fraction of sp³-hybridized carbons (Fsp3) is 0.417. The van der Waals surface area contributed by atoms with E-state index in [0.29, 0.717) is 5.82 Å². The van der Waals surface area contributed by atoms with Crippen molar-refractivity contribution >= 4 is 11.8 Å². The molecular formula is C12H17N5S. The molecule has 96 valence electrons. The zero-order valence-electron chi connectivity index (χ0n) is 10.4. The number of aromatic nitrogens is 4. The molecule has 0 fully saturated rings. The van der Waals surface area contributed by atoms with E-state index in [9.17, 15) is 0 Å². The predicted molar refractivity (Wildman–Crippen MR) is 73.7 cm³/mol. The molecule has 0 unspecified atom stereocenters. The number of thioether (sulfide) groups is 1. The Hall–Kier alpha value is -1.56. The zero-order valence-corrected chi connectivity index (χ0v) is 11.2. The van der Waals surface area contributed by atoms with Crippen molar-refractivity contribution in [3.63, 3.8) is 0 Å². The molecule has 0 aliphatic rings. The summed E-state index contributed by atoms with van der Waals surface area (Å²) in [7, 11) is 0. The van der Waals surface area contributed by atoms with E-state index < -0.39 is 0 Å². The van der Waals surface area contributed by atoms with Crippen molar-refractivity contribution in [3.8, 4) is 11.4 Å². The Morgan fingerprint density at radius 1 is 1.22 bits per heavy atom. The highest BCUT2D eigenvalue weighted by Gasteiger charge is 2.11. The average molecular weight is 263 g/mol. The van der Waals surface area contributed by atoms with Crippen molar-refractivity contribution < 1.29 is 0 Å². The van der Waals surface area contributed by atoms with Gasteiger partial charge in [0.25, 0.3) is 0 Å². The van der Waals surface area contributed by atoms with Gasteiger partial charge in [0.1, 0.15) is 0 Å². The van der Waals surface area contributed by atoms with Gasteiger partial charge in [-0.15, -0.1) is 10.2 Å². The molecule has 0 saturated heterocycles. The minimum atomic E-state index is 0.676. The normalized spacial score (nSPS) is 10.7. The van der Waals surface area contributed by atoms with Crippen LogP contribution in [-0.2, 0) is 0 Å². The number of hydrogen-bond acceptors (Lipinski definition) is 5. The summed E-state index contributed by atoms with van der Waals surface area (Å²) in [5.74, 6) is 7.70. The Labute approximate surface area is 111 Å². The summed E-state index contributed by atoms with van der Waals surface area (Å²) in [5.41, 5.74) is 0.931. The van der Waals surface area contributed by atoms with Crippen LogP contribution in [0.15, 0.2) is 29.7 Å². The molecule has 0 saturated carbocycles. The second-order valence-electron chi connectivity index (χ2n) is 3.97. The van der Waals surface area contributed by atoms with Gasteiger partial charge in [-0.3, -0.25) is 4.98 Å². The van der Waals surface area contributed by atoms with Crippen LogP contribution in [-0.4, -0.2) is 25.6 Å². The van der Waals surface area contributed by atoms with Crippen molar-refractivity contribution in [1.82, 2.24) is 19.9 Å². The number of nitrogens with two attached hydrogens (primary N) is 1. The van der Waals surface area contributed by atoms with Crippen LogP contribution < -0.4 is 5.84 Å². The Morgan fingerprint density at radius 2 is 2.00 bits per heavy atom. The van der Waals surface area contributed by atoms with Gasteiger partial charge in [-0.2, -0.15) is 0 Å². The number of nitrogens with zero attached hydrogens (tertiary/aromatic N) is 4. The van der Waals surface area contributed by atoms with Gasteiger partial charge in [0.2, 0.25) is 5.16 Å². The molecule has 0 spiro atoms. The van der Waals surface area contributed by atoms with Gasteiger partial charge in [0, 0.05) is 23.7 Å². The van der Waals surface area contributed by atoms with E-state index in [1.54, 1.807) is 28.8 Å². The lowest BCUT2D eigenvalue weighted by atomic mass is 10.2. The van der Waals surface area contributed by atoms with Crippen molar-refractivity contribution in [2.45, 2.75) is 31.3 Å². The van der Waals surface area contributed by atoms with E-state index >= 15 is 0 Å². The first-order valence-corrected chi connectivity index (χ1v) is 7.05. The average Bonchev–Trinajstić information content (AvgIpc) is 2.77. The van der Waals surface area contributed by atoms with Crippen LogP contribution in [0.5, 0.6) is 0 Å². The Balaban J connectivity index is 2.05. The van der Waals surface area contributed by atoms with E-state index in [4.69, 9.17) is 5.84 Å². The van der Waals surface area contributed by atoms with Crippen molar-refractivity contribution in [3.05, 3.63) is 24.5 Å². The minimum Gasteiger partial charge on any atom is -0.335 e. The highest BCUT2D eigenvalue weighted by Crippen LogP contribution is 2.21. The predicted octanol–water partition coefficient (Wildman–Crippen LogP) is 2.34. The number of unbranched alkanes of at least 4 members (excludes halogenated alkanes) is 2. The third kappa shape index (κ3) is 3.01. The molecule has 0 amide bonds. The largest absolute Gasteiger partial charge is 0.335 e. The topological polar surface area (TPSA) is 69.6 Å². The molecule has 2 rings (SSSR count). The van der Waals surface area contributed by atoms with E-state index in [2.05, 4.69) is 22.1 Å². The summed E-state index contributed by atoms with van der Waals surface area (Å²) in [4.78, 5) is 3.97. The summed E-state index contributed by atoms with van der Waals surface area (Å²) in [5, 5.41) is 9.01. The monoisotopic (exact) mass is 263 g/mol. The molecule has 6 heteroatoms. The van der Waals surface area contributed by atoms with Gasteiger partial charge >= 0.3 is 0 Å². The summed E-state index contributed by atoms with van der Waals surface area (Å²) in [6.45, 7) is 2.19. The van der Waals surface area contributed by atoms with Crippen molar-refractivity contribution in [1.29, 1.82) is 0 Å². The maximum atomic E-state index is 6.00. The molecule has 2 N–H and O–H groups in total. The van der Waals surface area contributed by atoms with E-state index in [1.165, 1.54) is 19.3 Å². The third-order valence-electron chi connectivity index (χ3n) is 2.58. The molecule has 2 aromatic heterocycles. The smallest absolute Gasteiger partial charge is 0.210 e. The van der Waals surface area contributed by atoms with Crippen LogP contribution in [0.2, 0.25) is 0 Å². The van der Waals surface area contributed by atoms with Crippen LogP contribution in [0, 0.1) is 0 Å². The highest BCUT2D eigenvalue weighted by molar-refractivity contribution is 7.99. The Kier molecular flexibility index (Phi) is 4.58. The fourth-order valence-electron chi connectivity index (χ4n) is 1.59. The van der Waals surface area contributed by atoms with Crippen molar-refractivity contribution in [2.24, 2.45) is 0 Å². The highest BCUT2D eigenvalue weighted by atomic mass is 32.2. The van der Waals surface area contributed by atoms with Crippen LogP contribution >= 0.6 is 11.8 Å². The van der Waals surface area contributed by atoms with Crippen LogP contribution in [0.1, 0.15) is 26.2 Å². The molecule has 5 nitrogen and oxygen atoms in total. The summed E-state index contributed by atoms with van der Waals surface area (Å²) in [6, 6.07) is 3.75. The van der Waals surface area contributed by atoms with Gasteiger partial charge in [0.15, 0.2) is 5.82 Å².